The van der Waals surface area contributed by atoms with Crippen LogP contribution in [0.2, 0.25) is 0 Å². The van der Waals surface area contributed by atoms with Gasteiger partial charge in [-0.15, -0.1) is 0 Å². The zero-order chi connectivity index (χ0) is 15.0. The van der Waals surface area contributed by atoms with Gasteiger partial charge in [0.1, 0.15) is 12.4 Å². The molecule has 0 aliphatic rings. The molecule has 1 N–H and O–H groups in total. The van der Waals surface area contributed by atoms with E-state index in [1.807, 2.05) is 19.1 Å². The molecule has 0 amide bonds. The second-order valence-electron chi connectivity index (χ2n) is 5.75. The fourth-order valence-corrected chi connectivity index (χ4v) is 1.69. The number of rotatable bonds is 9. The van der Waals surface area contributed by atoms with E-state index in [1.165, 1.54) is 0 Å². The topological polar surface area (TPSA) is 43.4 Å². The smallest absolute Gasteiger partial charge is 0.142 e. The summed E-state index contributed by atoms with van der Waals surface area (Å²) in [6, 6.07) is 4.39. The summed E-state index contributed by atoms with van der Waals surface area (Å²) in [7, 11) is 0. The molecule has 0 unspecified atom stereocenters. The van der Waals surface area contributed by atoms with Crippen LogP contribution in [0.1, 0.15) is 39.1 Å². The van der Waals surface area contributed by atoms with Gasteiger partial charge in [0.2, 0.25) is 0 Å². The van der Waals surface area contributed by atoms with Crippen molar-refractivity contribution in [3.8, 4) is 5.75 Å². The molecule has 0 aromatic carbocycles. The Morgan fingerprint density at radius 2 is 1.90 bits per heavy atom. The summed E-state index contributed by atoms with van der Waals surface area (Å²) in [6.45, 7) is 13.2. The van der Waals surface area contributed by atoms with Gasteiger partial charge in [-0.05, 0) is 25.0 Å². The number of aryl methyl sites for hydroxylation is 1. The van der Waals surface area contributed by atoms with E-state index >= 15 is 0 Å². The number of nitrogens with one attached hydrogen (secondary N) is 1. The zero-order valence-electron chi connectivity index (χ0n) is 13.4. The molecule has 1 aromatic rings. The van der Waals surface area contributed by atoms with Crippen molar-refractivity contribution >= 4 is 0 Å². The molecule has 1 aromatic heterocycles. The summed E-state index contributed by atoms with van der Waals surface area (Å²) >= 11 is 0. The van der Waals surface area contributed by atoms with Crippen LogP contribution in [0, 0.1) is 12.8 Å². The third-order valence-electron chi connectivity index (χ3n) is 2.69. The minimum atomic E-state index is 0.430. The van der Waals surface area contributed by atoms with E-state index in [0.29, 0.717) is 25.2 Å². The molecule has 0 saturated carbocycles. The number of pyridine rings is 1. The van der Waals surface area contributed by atoms with Crippen LogP contribution in [0.25, 0.3) is 0 Å². The van der Waals surface area contributed by atoms with Gasteiger partial charge in [-0.25, -0.2) is 0 Å². The van der Waals surface area contributed by atoms with Crippen molar-refractivity contribution in [1.82, 2.24) is 10.3 Å². The molecular formula is C16H28N2O2. The molecule has 114 valence electrons. The van der Waals surface area contributed by atoms with Gasteiger partial charge in [-0.2, -0.15) is 0 Å². The molecule has 0 radical (unpaired) electrons. The first-order chi connectivity index (χ1) is 9.49. The van der Waals surface area contributed by atoms with E-state index in [4.69, 9.17) is 9.47 Å². The number of hydrogen-bond donors (Lipinski definition) is 1. The predicted molar refractivity (Wildman–Crippen MR) is 82.1 cm³/mol. The molecule has 0 aliphatic carbocycles. The van der Waals surface area contributed by atoms with Crippen molar-refractivity contribution in [2.24, 2.45) is 5.92 Å². The van der Waals surface area contributed by atoms with Crippen LogP contribution in [-0.4, -0.2) is 30.8 Å². The number of nitrogens with zero attached hydrogens (tertiary/aromatic N) is 1. The Labute approximate surface area is 122 Å². The normalized spacial score (nSPS) is 11.3. The Balaban J connectivity index is 2.47. The van der Waals surface area contributed by atoms with Crippen molar-refractivity contribution in [1.29, 1.82) is 0 Å². The van der Waals surface area contributed by atoms with Gasteiger partial charge < -0.3 is 14.8 Å². The van der Waals surface area contributed by atoms with Crippen molar-refractivity contribution < 1.29 is 9.47 Å². The van der Waals surface area contributed by atoms with E-state index in [1.54, 1.807) is 0 Å². The average Bonchev–Trinajstić information content (AvgIpc) is 2.37. The lowest BCUT2D eigenvalue weighted by Gasteiger charge is -2.14. The standard InChI is InChI=1S/C16H28N2O2/c1-12(2)11-19-8-9-20-16-7-6-14(5)18-15(16)10-17-13(3)4/h6-7,12-13,17H,8-11H2,1-5H3. The summed E-state index contributed by atoms with van der Waals surface area (Å²) in [4.78, 5) is 4.54. The molecule has 0 fully saturated rings. The quantitative estimate of drug-likeness (QED) is 0.706. The Hall–Kier alpha value is -1.13. The van der Waals surface area contributed by atoms with E-state index in [2.05, 4.69) is 38.0 Å². The number of hydrogen-bond acceptors (Lipinski definition) is 4. The van der Waals surface area contributed by atoms with Gasteiger partial charge in [0.05, 0.1) is 12.3 Å². The average molecular weight is 280 g/mol. The highest BCUT2D eigenvalue weighted by molar-refractivity contribution is 5.29. The summed E-state index contributed by atoms with van der Waals surface area (Å²) in [6.07, 6.45) is 0. The maximum Gasteiger partial charge on any atom is 0.142 e. The highest BCUT2D eigenvalue weighted by Crippen LogP contribution is 2.17. The van der Waals surface area contributed by atoms with E-state index < -0.39 is 0 Å². The maximum absolute atomic E-state index is 5.78. The highest BCUT2D eigenvalue weighted by atomic mass is 16.5. The minimum Gasteiger partial charge on any atom is -0.489 e. The van der Waals surface area contributed by atoms with Crippen LogP contribution < -0.4 is 10.1 Å². The molecule has 4 heteroatoms. The van der Waals surface area contributed by atoms with E-state index in [0.717, 1.165) is 30.3 Å². The van der Waals surface area contributed by atoms with Crippen LogP contribution in [0.5, 0.6) is 5.75 Å². The van der Waals surface area contributed by atoms with Crippen molar-refractivity contribution in [2.45, 2.75) is 47.2 Å². The van der Waals surface area contributed by atoms with Crippen LogP contribution in [-0.2, 0) is 11.3 Å². The fraction of sp³-hybridized carbons (Fsp3) is 0.688. The molecular weight excluding hydrogens is 252 g/mol. The molecule has 0 atom stereocenters. The Bertz CT molecular complexity index is 392. The summed E-state index contributed by atoms with van der Waals surface area (Å²) < 4.78 is 11.3. The van der Waals surface area contributed by atoms with Crippen LogP contribution >= 0.6 is 0 Å². The molecule has 20 heavy (non-hydrogen) atoms. The zero-order valence-corrected chi connectivity index (χ0v) is 13.4. The summed E-state index contributed by atoms with van der Waals surface area (Å²) in [5.74, 6) is 1.40. The molecule has 1 rings (SSSR count). The first-order valence-electron chi connectivity index (χ1n) is 7.39. The van der Waals surface area contributed by atoms with E-state index in [9.17, 15) is 0 Å². The second-order valence-corrected chi connectivity index (χ2v) is 5.75. The van der Waals surface area contributed by atoms with Crippen LogP contribution in [0.3, 0.4) is 0 Å². The second kappa shape index (κ2) is 8.93. The number of ether oxygens (including phenoxy) is 2. The van der Waals surface area contributed by atoms with Crippen molar-refractivity contribution in [3.05, 3.63) is 23.5 Å². The van der Waals surface area contributed by atoms with Gasteiger partial charge in [0, 0.05) is 24.9 Å². The SMILES string of the molecule is Cc1ccc(OCCOCC(C)C)c(CNC(C)C)n1. The van der Waals surface area contributed by atoms with Crippen LogP contribution in [0.4, 0.5) is 0 Å². The minimum absolute atomic E-state index is 0.430. The van der Waals surface area contributed by atoms with Crippen molar-refractivity contribution in [2.75, 3.05) is 19.8 Å². The molecule has 0 spiro atoms. The molecule has 0 bridgehead atoms. The van der Waals surface area contributed by atoms with Gasteiger partial charge in [-0.3, -0.25) is 4.98 Å². The lowest BCUT2D eigenvalue weighted by Crippen LogP contribution is -2.23. The Morgan fingerprint density at radius 1 is 1.15 bits per heavy atom. The van der Waals surface area contributed by atoms with Crippen molar-refractivity contribution in [3.63, 3.8) is 0 Å². The highest BCUT2D eigenvalue weighted by Gasteiger charge is 2.07. The first-order valence-corrected chi connectivity index (χ1v) is 7.39. The number of aromatic nitrogens is 1. The van der Waals surface area contributed by atoms with Gasteiger partial charge in [0.25, 0.3) is 0 Å². The van der Waals surface area contributed by atoms with Gasteiger partial charge >= 0.3 is 0 Å². The Kier molecular flexibility index (Phi) is 7.55. The molecule has 0 aliphatic heterocycles. The monoisotopic (exact) mass is 280 g/mol. The molecule has 0 saturated heterocycles. The Morgan fingerprint density at radius 3 is 2.55 bits per heavy atom. The lowest BCUT2D eigenvalue weighted by molar-refractivity contribution is 0.0814. The fourth-order valence-electron chi connectivity index (χ4n) is 1.69. The first kappa shape index (κ1) is 16.9. The van der Waals surface area contributed by atoms with E-state index in [-0.39, 0.29) is 0 Å². The predicted octanol–water partition coefficient (Wildman–Crippen LogP) is 2.94. The third kappa shape index (κ3) is 6.87. The molecule has 1 heterocycles. The maximum atomic E-state index is 5.78. The van der Waals surface area contributed by atoms with Crippen LogP contribution in [0.15, 0.2) is 12.1 Å². The largest absolute Gasteiger partial charge is 0.489 e. The summed E-state index contributed by atoms with van der Waals surface area (Å²) in [5, 5.41) is 3.37. The van der Waals surface area contributed by atoms with Gasteiger partial charge in [0.15, 0.2) is 0 Å². The lowest BCUT2D eigenvalue weighted by atomic mass is 10.2. The molecule has 4 nitrogen and oxygen atoms in total. The summed E-state index contributed by atoms with van der Waals surface area (Å²) in [5.41, 5.74) is 1.97. The van der Waals surface area contributed by atoms with Gasteiger partial charge in [-0.1, -0.05) is 27.7 Å². The third-order valence-corrected chi connectivity index (χ3v) is 2.69.